The summed E-state index contributed by atoms with van der Waals surface area (Å²) in [6.45, 7) is 4.10. The van der Waals surface area contributed by atoms with E-state index in [0.29, 0.717) is 28.7 Å². The van der Waals surface area contributed by atoms with Gasteiger partial charge in [0.25, 0.3) is 5.89 Å². The summed E-state index contributed by atoms with van der Waals surface area (Å²) >= 11 is 0. The fourth-order valence-corrected chi connectivity index (χ4v) is 2.39. The molecule has 0 saturated carbocycles. The lowest BCUT2D eigenvalue weighted by molar-refractivity contribution is 0.0600. The fraction of sp³-hybridized carbons (Fsp3) is 0.263. The molecule has 0 unspecified atom stereocenters. The first kappa shape index (κ1) is 18.5. The minimum Gasteiger partial charge on any atom is -0.465 e. The van der Waals surface area contributed by atoms with Gasteiger partial charge in [0.1, 0.15) is 11.6 Å². The summed E-state index contributed by atoms with van der Waals surface area (Å²) in [6, 6.07) is 7.55. The molecule has 0 aliphatic heterocycles. The highest BCUT2D eigenvalue weighted by Crippen LogP contribution is 2.22. The Morgan fingerprint density at radius 3 is 2.81 bits per heavy atom. The summed E-state index contributed by atoms with van der Waals surface area (Å²) in [5.41, 5.74) is 1.31. The second kappa shape index (κ2) is 7.94. The maximum Gasteiger partial charge on any atom is 0.337 e. The number of ether oxygens (including phenoxy) is 1. The normalized spacial score (nSPS) is 10.9. The van der Waals surface area contributed by atoms with E-state index >= 15 is 0 Å². The van der Waals surface area contributed by atoms with Gasteiger partial charge in [-0.3, -0.25) is 0 Å². The van der Waals surface area contributed by atoms with Crippen molar-refractivity contribution in [2.45, 2.75) is 26.3 Å². The highest BCUT2D eigenvalue weighted by molar-refractivity contribution is 5.89. The fourth-order valence-electron chi connectivity index (χ4n) is 2.39. The first-order chi connectivity index (χ1) is 13.0. The number of nitrogens with zero attached hydrogens (tertiary/aromatic N) is 3. The zero-order valence-electron chi connectivity index (χ0n) is 15.2. The van der Waals surface area contributed by atoms with E-state index in [1.54, 1.807) is 18.3 Å². The van der Waals surface area contributed by atoms with Gasteiger partial charge in [-0.1, -0.05) is 19.0 Å². The number of hydrogen-bond acceptors (Lipinski definition) is 7. The standard InChI is InChI=1S/C19H19FN4O3/c1-11(2)17-23-18(27-24-17)12-6-7-21-16(9-12)22-10-14-8-13(19(25)26-3)4-5-15(14)20/h4-9,11H,10H2,1-3H3,(H,21,22). The molecule has 0 radical (unpaired) electrons. The lowest BCUT2D eigenvalue weighted by atomic mass is 10.1. The maximum atomic E-state index is 14.0. The Balaban J connectivity index is 1.76. The van der Waals surface area contributed by atoms with Gasteiger partial charge in [0.05, 0.1) is 12.7 Å². The number of carbonyl (C=O) groups excluding carboxylic acids is 1. The van der Waals surface area contributed by atoms with Crippen molar-refractivity contribution >= 4 is 11.8 Å². The smallest absolute Gasteiger partial charge is 0.337 e. The van der Waals surface area contributed by atoms with Gasteiger partial charge in [0.15, 0.2) is 5.82 Å². The van der Waals surface area contributed by atoms with Gasteiger partial charge < -0.3 is 14.6 Å². The van der Waals surface area contributed by atoms with Crippen molar-refractivity contribution in [3.63, 3.8) is 0 Å². The van der Waals surface area contributed by atoms with Crippen molar-refractivity contribution in [2.24, 2.45) is 0 Å². The van der Waals surface area contributed by atoms with Crippen molar-refractivity contribution in [2.75, 3.05) is 12.4 Å². The number of benzene rings is 1. The predicted octanol–water partition coefficient (Wildman–Crippen LogP) is 3.79. The summed E-state index contributed by atoms with van der Waals surface area (Å²) in [5, 5.41) is 6.97. The van der Waals surface area contributed by atoms with Crippen LogP contribution in [-0.2, 0) is 11.3 Å². The van der Waals surface area contributed by atoms with Crippen LogP contribution in [0, 0.1) is 5.82 Å². The van der Waals surface area contributed by atoms with Gasteiger partial charge in [-0.15, -0.1) is 0 Å². The molecule has 140 valence electrons. The zero-order chi connectivity index (χ0) is 19.4. The number of esters is 1. The number of hydrogen-bond donors (Lipinski definition) is 1. The Bertz CT molecular complexity index is 956. The van der Waals surface area contributed by atoms with E-state index in [-0.39, 0.29) is 18.0 Å². The van der Waals surface area contributed by atoms with E-state index in [4.69, 9.17) is 4.52 Å². The third-order valence-corrected chi connectivity index (χ3v) is 3.89. The Hall–Kier alpha value is -3.29. The molecule has 0 bridgehead atoms. The van der Waals surface area contributed by atoms with Crippen LogP contribution in [0.2, 0.25) is 0 Å². The topological polar surface area (TPSA) is 90.1 Å². The third-order valence-electron chi connectivity index (χ3n) is 3.89. The van der Waals surface area contributed by atoms with E-state index in [2.05, 4.69) is 25.2 Å². The largest absolute Gasteiger partial charge is 0.465 e. The van der Waals surface area contributed by atoms with Crippen molar-refractivity contribution in [1.82, 2.24) is 15.1 Å². The van der Waals surface area contributed by atoms with Crippen molar-refractivity contribution in [3.8, 4) is 11.5 Å². The number of methoxy groups -OCH3 is 1. The molecule has 0 spiro atoms. The van der Waals surface area contributed by atoms with Crippen molar-refractivity contribution < 1.29 is 18.4 Å². The Kier molecular flexibility index (Phi) is 5.44. The Morgan fingerprint density at radius 2 is 2.11 bits per heavy atom. The van der Waals surface area contributed by atoms with E-state index in [1.165, 1.54) is 25.3 Å². The molecular formula is C19H19FN4O3. The molecule has 3 rings (SSSR count). The van der Waals surface area contributed by atoms with Crippen LogP contribution in [0.1, 0.15) is 41.5 Å². The molecule has 0 fully saturated rings. The van der Waals surface area contributed by atoms with Crippen LogP contribution in [0.3, 0.4) is 0 Å². The average Bonchev–Trinajstić information content (AvgIpc) is 3.17. The molecule has 0 aliphatic carbocycles. The van der Waals surface area contributed by atoms with Gasteiger partial charge in [-0.05, 0) is 30.3 Å². The second-order valence-corrected chi connectivity index (χ2v) is 6.19. The van der Waals surface area contributed by atoms with Gasteiger partial charge in [0, 0.05) is 29.8 Å². The molecule has 27 heavy (non-hydrogen) atoms. The highest BCUT2D eigenvalue weighted by Gasteiger charge is 2.13. The molecule has 2 heterocycles. The molecule has 2 aromatic heterocycles. The molecule has 0 amide bonds. The van der Waals surface area contributed by atoms with Crippen molar-refractivity contribution in [1.29, 1.82) is 0 Å². The van der Waals surface area contributed by atoms with E-state index in [1.807, 2.05) is 13.8 Å². The third kappa shape index (κ3) is 4.28. The number of nitrogens with one attached hydrogen (secondary N) is 1. The monoisotopic (exact) mass is 370 g/mol. The molecule has 3 aromatic rings. The number of aromatic nitrogens is 3. The van der Waals surface area contributed by atoms with Gasteiger partial charge >= 0.3 is 5.97 Å². The molecule has 0 atom stereocenters. The highest BCUT2D eigenvalue weighted by atomic mass is 19.1. The minimum absolute atomic E-state index is 0.147. The van der Waals surface area contributed by atoms with Gasteiger partial charge in [-0.25, -0.2) is 14.2 Å². The number of anilines is 1. The van der Waals surface area contributed by atoms with Crippen LogP contribution in [0.5, 0.6) is 0 Å². The summed E-state index contributed by atoms with van der Waals surface area (Å²) in [6.07, 6.45) is 1.60. The summed E-state index contributed by atoms with van der Waals surface area (Å²) in [4.78, 5) is 20.2. The maximum absolute atomic E-state index is 14.0. The first-order valence-corrected chi connectivity index (χ1v) is 8.38. The molecule has 1 N–H and O–H groups in total. The molecule has 0 aliphatic rings. The molecule has 0 saturated heterocycles. The van der Waals surface area contributed by atoms with Gasteiger partial charge in [0.2, 0.25) is 0 Å². The lowest BCUT2D eigenvalue weighted by Gasteiger charge is -2.09. The summed E-state index contributed by atoms with van der Waals surface area (Å²) < 4.78 is 24.0. The zero-order valence-corrected chi connectivity index (χ0v) is 15.2. The average molecular weight is 370 g/mol. The van der Waals surface area contributed by atoms with E-state index < -0.39 is 11.8 Å². The lowest BCUT2D eigenvalue weighted by Crippen LogP contribution is -2.07. The Labute approximate surface area is 155 Å². The molecule has 7 nitrogen and oxygen atoms in total. The predicted molar refractivity (Wildman–Crippen MR) is 96.7 cm³/mol. The van der Waals surface area contributed by atoms with E-state index in [0.717, 1.165) is 0 Å². The summed E-state index contributed by atoms with van der Waals surface area (Å²) in [7, 11) is 1.28. The first-order valence-electron chi connectivity index (χ1n) is 8.38. The number of halogens is 1. The molecule has 1 aromatic carbocycles. The van der Waals surface area contributed by atoms with E-state index in [9.17, 15) is 9.18 Å². The number of pyridine rings is 1. The SMILES string of the molecule is COC(=O)c1ccc(F)c(CNc2cc(-c3nc(C(C)C)no3)ccn2)c1. The summed E-state index contributed by atoms with van der Waals surface area (Å²) in [5.74, 6) is 0.742. The van der Waals surface area contributed by atoms with Crippen LogP contribution in [0.4, 0.5) is 10.2 Å². The van der Waals surface area contributed by atoms with Crippen LogP contribution in [-0.4, -0.2) is 28.2 Å². The Morgan fingerprint density at radius 1 is 1.30 bits per heavy atom. The number of rotatable bonds is 6. The van der Waals surface area contributed by atoms with Gasteiger partial charge in [-0.2, -0.15) is 4.98 Å². The molecular weight excluding hydrogens is 351 g/mol. The van der Waals surface area contributed by atoms with Crippen LogP contribution < -0.4 is 5.32 Å². The second-order valence-electron chi connectivity index (χ2n) is 6.19. The van der Waals surface area contributed by atoms with Crippen molar-refractivity contribution in [3.05, 3.63) is 59.3 Å². The van der Waals surface area contributed by atoms with Crippen LogP contribution in [0.15, 0.2) is 41.1 Å². The van der Waals surface area contributed by atoms with Crippen LogP contribution in [0.25, 0.3) is 11.5 Å². The number of carbonyl (C=O) groups is 1. The minimum atomic E-state index is -0.520. The quantitative estimate of drug-likeness (QED) is 0.660. The molecule has 8 heteroatoms. The van der Waals surface area contributed by atoms with Crippen LogP contribution >= 0.6 is 0 Å².